The van der Waals surface area contributed by atoms with Gasteiger partial charge in [0, 0.05) is 19.6 Å². The third kappa shape index (κ3) is 6.94. The average Bonchev–Trinajstić information content (AvgIpc) is 2.51. The van der Waals surface area contributed by atoms with E-state index in [0.717, 1.165) is 25.1 Å². The number of nitrogens with zero attached hydrogens (tertiary/aromatic N) is 1. The molecule has 1 heterocycles. The molecule has 2 rings (SSSR count). The Kier molecular flexibility index (Phi) is 6.70. The number of benzene rings is 1. The van der Waals surface area contributed by atoms with Gasteiger partial charge in [-0.1, -0.05) is 38.1 Å². The molecule has 4 nitrogen and oxygen atoms in total. The van der Waals surface area contributed by atoms with Crippen LogP contribution in [0.3, 0.4) is 0 Å². The number of urea groups is 1. The molecular weight excluding hydrogens is 333 g/mol. The van der Waals surface area contributed by atoms with Gasteiger partial charge in [0.05, 0.1) is 6.61 Å². The molecule has 0 bridgehead atoms. The monoisotopic (exact) mass is 358 g/mol. The van der Waals surface area contributed by atoms with Gasteiger partial charge in [-0.2, -0.15) is 13.2 Å². The number of carbonyl (C=O) groups excluding carboxylic acids is 1. The van der Waals surface area contributed by atoms with Gasteiger partial charge in [-0.15, -0.1) is 0 Å². The van der Waals surface area contributed by atoms with Crippen molar-refractivity contribution in [2.75, 3.05) is 19.7 Å². The third-order valence-corrected chi connectivity index (χ3v) is 4.16. The summed E-state index contributed by atoms with van der Waals surface area (Å²) in [5.41, 5.74) is 1.56. The topological polar surface area (TPSA) is 41.6 Å². The van der Waals surface area contributed by atoms with Crippen molar-refractivity contribution in [3.63, 3.8) is 0 Å². The number of likely N-dealkylation sites (tertiary alicyclic amines) is 1. The van der Waals surface area contributed by atoms with Crippen molar-refractivity contribution < 1.29 is 22.7 Å². The Balaban J connectivity index is 1.76. The molecule has 25 heavy (non-hydrogen) atoms. The van der Waals surface area contributed by atoms with E-state index in [1.54, 1.807) is 24.3 Å². The summed E-state index contributed by atoms with van der Waals surface area (Å²) in [6, 6.07) is 6.92. The number of rotatable bonds is 5. The fourth-order valence-corrected chi connectivity index (χ4v) is 3.16. The molecule has 1 fully saturated rings. The maximum absolute atomic E-state index is 12.3. The van der Waals surface area contributed by atoms with Crippen LogP contribution in [-0.4, -0.2) is 36.8 Å². The van der Waals surface area contributed by atoms with E-state index in [-0.39, 0.29) is 12.6 Å². The number of amides is 2. The summed E-state index contributed by atoms with van der Waals surface area (Å²) >= 11 is 0. The first kappa shape index (κ1) is 19.6. The largest absolute Gasteiger partial charge is 0.411 e. The number of piperidine rings is 1. The number of carbonyl (C=O) groups is 1. The van der Waals surface area contributed by atoms with Crippen molar-refractivity contribution in [2.45, 2.75) is 39.6 Å². The van der Waals surface area contributed by atoms with Crippen LogP contribution in [0.15, 0.2) is 24.3 Å². The Bertz CT molecular complexity index is 550. The number of hydrogen-bond acceptors (Lipinski definition) is 2. The molecule has 0 aromatic heterocycles. The van der Waals surface area contributed by atoms with Crippen molar-refractivity contribution in [1.82, 2.24) is 10.2 Å². The molecule has 1 aromatic rings. The Morgan fingerprint density at radius 2 is 1.72 bits per heavy atom. The van der Waals surface area contributed by atoms with Crippen LogP contribution in [0.5, 0.6) is 0 Å². The van der Waals surface area contributed by atoms with Crippen LogP contribution in [0, 0.1) is 11.8 Å². The van der Waals surface area contributed by atoms with Crippen LogP contribution in [-0.2, 0) is 17.9 Å². The fourth-order valence-electron chi connectivity index (χ4n) is 3.16. The average molecular weight is 358 g/mol. The van der Waals surface area contributed by atoms with E-state index in [9.17, 15) is 18.0 Å². The summed E-state index contributed by atoms with van der Waals surface area (Å²) in [5.74, 6) is 1.01. The Morgan fingerprint density at radius 3 is 2.28 bits per heavy atom. The van der Waals surface area contributed by atoms with Crippen LogP contribution in [0.2, 0.25) is 0 Å². The molecule has 0 aliphatic carbocycles. The van der Waals surface area contributed by atoms with Gasteiger partial charge in [0.15, 0.2) is 0 Å². The normalized spacial score (nSPS) is 21.2. The maximum atomic E-state index is 12.3. The van der Waals surface area contributed by atoms with E-state index in [0.29, 0.717) is 23.9 Å². The lowest BCUT2D eigenvalue weighted by molar-refractivity contribution is -0.176. The molecule has 1 aliphatic rings. The molecule has 1 saturated heterocycles. The van der Waals surface area contributed by atoms with Crippen molar-refractivity contribution >= 4 is 6.03 Å². The van der Waals surface area contributed by atoms with Crippen molar-refractivity contribution in [3.8, 4) is 0 Å². The highest BCUT2D eigenvalue weighted by Gasteiger charge is 2.27. The standard InChI is InChI=1S/C18H25F3N2O2/c1-13-7-14(2)10-23(9-13)17(24)22-8-15-3-5-16(6-4-15)11-25-12-18(19,20)21/h3-6,13-14H,7-12H2,1-2H3,(H,22,24). The maximum Gasteiger partial charge on any atom is 0.411 e. The SMILES string of the molecule is CC1CC(C)CN(C(=O)NCc2ccc(COCC(F)(F)F)cc2)C1. The van der Waals surface area contributed by atoms with Gasteiger partial charge in [0.1, 0.15) is 6.61 Å². The molecule has 0 spiro atoms. The van der Waals surface area contributed by atoms with Crippen molar-refractivity contribution in [1.29, 1.82) is 0 Å². The zero-order valence-electron chi connectivity index (χ0n) is 14.6. The Morgan fingerprint density at radius 1 is 1.16 bits per heavy atom. The first-order chi connectivity index (χ1) is 11.7. The van der Waals surface area contributed by atoms with Crippen LogP contribution in [0.1, 0.15) is 31.4 Å². The molecule has 1 aromatic carbocycles. The highest BCUT2D eigenvalue weighted by Crippen LogP contribution is 2.21. The number of halogens is 3. The highest BCUT2D eigenvalue weighted by atomic mass is 19.4. The van der Waals surface area contributed by atoms with Crippen molar-refractivity contribution in [3.05, 3.63) is 35.4 Å². The number of nitrogens with one attached hydrogen (secondary N) is 1. The van der Waals surface area contributed by atoms with Crippen LogP contribution < -0.4 is 5.32 Å². The molecular formula is C18H25F3N2O2. The summed E-state index contributed by atoms with van der Waals surface area (Å²) in [5, 5.41) is 2.90. The second kappa shape index (κ2) is 8.56. The summed E-state index contributed by atoms with van der Waals surface area (Å²) in [4.78, 5) is 14.1. The summed E-state index contributed by atoms with van der Waals surface area (Å²) in [7, 11) is 0. The van der Waals surface area contributed by atoms with Crippen LogP contribution in [0.4, 0.5) is 18.0 Å². The summed E-state index contributed by atoms with van der Waals surface area (Å²) in [6.07, 6.45) is -3.17. The smallest absolute Gasteiger partial charge is 0.367 e. The van der Waals surface area contributed by atoms with Gasteiger partial charge >= 0.3 is 12.2 Å². The van der Waals surface area contributed by atoms with Gasteiger partial charge in [0.2, 0.25) is 0 Å². The Labute approximate surface area is 146 Å². The molecule has 1 aliphatic heterocycles. The molecule has 2 atom stereocenters. The molecule has 140 valence electrons. The predicted octanol–water partition coefficient (Wildman–Crippen LogP) is 3.95. The zero-order chi connectivity index (χ0) is 18.4. The first-order valence-corrected chi connectivity index (χ1v) is 8.48. The highest BCUT2D eigenvalue weighted by molar-refractivity contribution is 5.74. The predicted molar refractivity (Wildman–Crippen MR) is 88.9 cm³/mol. The minimum atomic E-state index is -4.31. The van der Waals surface area contributed by atoms with Gasteiger partial charge in [-0.25, -0.2) is 4.79 Å². The number of hydrogen-bond donors (Lipinski definition) is 1. The van der Waals surface area contributed by atoms with Crippen molar-refractivity contribution in [2.24, 2.45) is 11.8 Å². The van der Waals surface area contributed by atoms with E-state index >= 15 is 0 Å². The third-order valence-electron chi connectivity index (χ3n) is 4.16. The molecule has 7 heteroatoms. The second-order valence-electron chi connectivity index (χ2n) is 6.93. The minimum Gasteiger partial charge on any atom is -0.367 e. The molecule has 1 N–H and O–H groups in total. The van der Waals surface area contributed by atoms with E-state index in [2.05, 4.69) is 23.9 Å². The summed E-state index contributed by atoms with van der Waals surface area (Å²) < 4.78 is 40.7. The zero-order valence-corrected chi connectivity index (χ0v) is 14.6. The number of alkyl halides is 3. The van der Waals surface area contributed by atoms with E-state index in [1.165, 1.54) is 0 Å². The van der Waals surface area contributed by atoms with E-state index in [1.807, 2.05) is 4.90 Å². The summed E-state index contributed by atoms with van der Waals surface area (Å²) in [6.45, 7) is 4.89. The van der Waals surface area contributed by atoms with Gasteiger partial charge in [-0.05, 0) is 29.4 Å². The van der Waals surface area contributed by atoms with Crippen LogP contribution in [0.25, 0.3) is 0 Å². The second-order valence-corrected chi connectivity index (χ2v) is 6.93. The molecule has 2 amide bonds. The molecule has 2 unspecified atom stereocenters. The van der Waals surface area contributed by atoms with Gasteiger partial charge in [-0.3, -0.25) is 0 Å². The minimum absolute atomic E-state index is 0.0732. The van der Waals surface area contributed by atoms with Gasteiger partial charge < -0.3 is 15.0 Å². The van der Waals surface area contributed by atoms with E-state index in [4.69, 9.17) is 0 Å². The van der Waals surface area contributed by atoms with E-state index < -0.39 is 12.8 Å². The number of ether oxygens (including phenoxy) is 1. The lowest BCUT2D eigenvalue weighted by Gasteiger charge is -2.34. The van der Waals surface area contributed by atoms with Gasteiger partial charge in [0.25, 0.3) is 0 Å². The quantitative estimate of drug-likeness (QED) is 0.866. The van der Waals surface area contributed by atoms with Crippen LogP contribution >= 0.6 is 0 Å². The lowest BCUT2D eigenvalue weighted by Crippen LogP contribution is -2.47. The fraction of sp³-hybridized carbons (Fsp3) is 0.611. The molecule has 0 saturated carbocycles. The Hall–Kier alpha value is -1.76. The molecule has 0 radical (unpaired) electrons. The lowest BCUT2D eigenvalue weighted by atomic mass is 9.92. The first-order valence-electron chi connectivity index (χ1n) is 8.48.